The molecule has 23 atom stereocenters. The van der Waals surface area contributed by atoms with Crippen LogP contribution in [0.5, 0.6) is 0 Å². The summed E-state index contributed by atoms with van der Waals surface area (Å²) in [5, 5.41) is 117. The lowest BCUT2D eigenvalue weighted by Gasteiger charge is -2.69. The lowest BCUT2D eigenvalue weighted by atomic mass is 9.35. The second kappa shape index (κ2) is 19.5. The summed E-state index contributed by atoms with van der Waals surface area (Å²) in [6, 6.07) is 0. The lowest BCUT2D eigenvalue weighted by molar-refractivity contribution is -0.367. The number of rotatable bonds is 14. The number of aliphatic hydroxyl groups is 11. The molecule has 7 fully saturated rings. The van der Waals surface area contributed by atoms with E-state index in [1.165, 1.54) is 6.29 Å². The van der Waals surface area contributed by atoms with Crippen molar-refractivity contribution in [2.24, 2.45) is 45.3 Å². The Morgan fingerprint density at radius 2 is 1.31 bits per heavy atom. The molecule has 8 unspecified atom stereocenters. The summed E-state index contributed by atoms with van der Waals surface area (Å²) >= 11 is 0. The van der Waals surface area contributed by atoms with Crippen LogP contribution in [0, 0.1) is 45.3 Å². The van der Waals surface area contributed by atoms with E-state index >= 15 is 0 Å². The van der Waals surface area contributed by atoms with Gasteiger partial charge in [-0.05, 0) is 118 Å². The first-order valence-corrected chi connectivity index (χ1v) is 23.9. The van der Waals surface area contributed by atoms with Crippen LogP contribution in [0.25, 0.3) is 0 Å². The molecule has 0 bridgehead atoms. The third-order valence-corrected chi connectivity index (χ3v) is 18.2. The van der Waals surface area contributed by atoms with Crippen LogP contribution in [-0.4, -0.2) is 187 Å². The Morgan fingerprint density at radius 3 is 1.92 bits per heavy atom. The summed E-state index contributed by atoms with van der Waals surface area (Å²) in [4.78, 5) is 13.9. The number of carbonyl (C=O) groups is 1. The Morgan fingerprint density at radius 1 is 0.692 bits per heavy atom. The van der Waals surface area contributed by atoms with Crippen LogP contribution in [0.1, 0.15) is 106 Å². The first-order valence-electron chi connectivity index (χ1n) is 23.9. The van der Waals surface area contributed by atoms with Gasteiger partial charge >= 0.3 is 0 Å². The maximum absolute atomic E-state index is 13.9. The van der Waals surface area contributed by atoms with Gasteiger partial charge in [0.25, 0.3) is 0 Å². The van der Waals surface area contributed by atoms with E-state index in [1.54, 1.807) is 0 Å². The van der Waals surface area contributed by atoms with Gasteiger partial charge < -0.3 is 89.4 Å². The summed E-state index contributed by atoms with van der Waals surface area (Å²) in [5.74, 6) is -0.231. The fraction of sp³-hybridized carbons (Fsp3) is 0.936. The monoisotopic (exact) mass is 931 g/mol. The smallest absolute Gasteiger partial charge is 0.187 e. The highest BCUT2D eigenvalue weighted by Crippen LogP contribution is 2.75. The maximum Gasteiger partial charge on any atom is 0.187 e. The Hall–Kier alpha value is -1.27. The summed E-state index contributed by atoms with van der Waals surface area (Å²) < 4.78 is 36.0. The van der Waals surface area contributed by atoms with Crippen molar-refractivity contribution < 1.29 is 89.4 Å². The van der Waals surface area contributed by atoms with E-state index in [0.29, 0.717) is 38.5 Å². The summed E-state index contributed by atoms with van der Waals surface area (Å²) in [6.07, 6.45) is -11.6. The van der Waals surface area contributed by atoms with E-state index in [1.807, 2.05) is 13.8 Å². The zero-order valence-electron chi connectivity index (χ0n) is 38.8. The molecule has 0 aromatic heterocycles. The van der Waals surface area contributed by atoms with Crippen molar-refractivity contribution in [2.45, 2.75) is 203 Å². The fourth-order valence-electron chi connectivity index (χ4n) is 14.3. The second-order valence-electron chi connectivity index (χ2n) is 22.0. The number of aliphatic hydroxyl groups excluding tert-OH is 10. The largest absolute Gasteiger partial charge is 0.394 e. The Kier molecular flexibility index (Phi) is 15.5. The standard InChI is InChI=1S/C47H78O18/c1-23(2)8-7-14-47(59,22-61-40-37(57)35(55)33(53)27(18-48)62-40)25-11-15-44(5)24(25)9-10-30-45(44,6)16-12-29-43(3,4)31(13-17-46(29,30)21-50)64-42-39(32(52)26(51)20-60-42)65-41-38(58)36(56)34(54)28(19-49)63-41/h8,21,24-42,48-49,51-59H,7,9-20,22H2,1-6H3/t24?,25?,26-,27-,28-,29?,30?,31?,32+,33-,34-,35+,36+,37-,38-,39-,40-,41+,42+,44-,45?,46?,47?/m1/s1. The first-order chi connectivity index (χ1) is 30.5. The van der Waals surface area contributed by atoms with Crippen LogP contribution < -0.4 is 0 Å². The quantitative estimate of drug-likeness (QED) is 0.0611. The normalized spacial score (nSPS) is 50.6. The lowest BCUT2D eigenvalue weighted by Crippen LogP contribution is -2.67. The van der Waals surface area contributed by atoms with Crippen molar-refractivity contribution >= 4 is 6.29 Å². The minimum atomic E-state index is -1.76. The second-order valence-corrected chi connectivity index (χ2v) is 22.0. The number of carbonyl (C=O) groups excluding carboxylic acids is 1. The average Bonchev–Trinajstić information content (AvgIpc) is 3.64. The van der Waals surface area contributed by atoms with Crippen molar-refractivity contribution in [1.82, 2.24) is 0 Å². The molecule has 4 saturated carbocycles. The number of fused-ring (bicyclic) bond motifs is 5. The Balaban J connectivity index is 1.10. The summed E-state index contributed by atoms with van der Waals surface area (Å²) in [6.45, 7) is 11.1. The Bertz CT molecular complexity index is 1660. The van der Waals surface area contributed by atoms with Crippen molar-refractivity contribution in [1.29, 1.82) is 0 Å². The molecule has 3 heterocycles. The van der Waals surface area contributed by atoms with E-state index in [0.717, 1.165) is 31.3 Å². The van der Waals surface area contributed by atoms with E-state index in [2.05, 4.69) is 33.8 Å². The van der Waals surface area contributed by atoms with Crippen molar-refractivity contribution in [2.75, 3.05) is 26.4 Å². The minimum absolute atomic E-state index is 0.0146. The van der Waals surface area contributed by atoms with E-state index in [-0.39, 0.29) is 47.7 Å². The number of aldehydes is 1. The molecular formula is C47H78O18. The fourth-order valence-corrected chi connectivity index (χ4v) is 14.3. The molecule has 0 spiro atoms. The molecule has 7 aliphatic rings. The highest BCUT2D eigenvalue weighted by atomic mass is 16.8. The van der Waals surface area contributed by atoms with E-state index in [9.17, 15) is 61.0 Å². The van der Waals surface area contributed by atoms with Gasteiger partial charge in [-0.2, -0.15) is 0 Å². The van der Waals surface area contributed by atoms with Crippen LogP contribution in [0.2, 0.25) is 0 Å². The van der Waals surface area contributed by atoms with E-state index in [4.69, 9.17) is 28.4 Å². The van der Waals surface area contributed by atoms with Gasteiger partial charge in [0.05, 0.1) is 38.1 Å². The molecule has 3 saturated heterocycles. The highest BCUT2D eigenvalue weighted by Gasteiger charge is 2.71. The van der Waals surface area contributed by atoms with Crippen molar-refractivity contribution in [3.63, 3.8) is 0 Å². The summed E-state index contributed by atoms with van der Waals surface area (Å²) in [5.41, 5.74) is -2.13. The van der Waals surface area contributed by atoms with Gasteiger partial charge in [-0.3, -0.25) is 0 Å². The zero-order valence-corrected chi connectivity index (χ0v) is 38.8. The number of hydrogen-bond donors (Lipinski definition) is 11. The van der Waals surface area contributed by atoms with Crippen LogP contribution >= 0.6 is 0 Å². The zero-order chi connectivity index (χ0) is 47.6. The topological polar surface area (TPSA) is 295 Å². The van der Waals surface area contributed by atoms with Crippen LogP contribution in [0.15, 0.2) is 11.6 Å². The van der Waals surface area contributed by atoms with E-state index < -0.39 is 122 Å². The molecule has 0 aromatic carbocycles. The van der Waals surface area contributed by atoms with Gasteiger partial charge in [0.15, 0.2) is 18.9 Å². The molecule has 7 rings (SSSR count). The van der Waals surface area contributed by atoms with Gasteiger partial charge in [-0.15, -0.1) is 0 Å². The molecule has 18 nitrogen and oxygen atoms in total. The molecule has 4 aliphatic carbocycles. The SMILES string of the molecule is CC(C)=CCCC(O)(CO[C@@H]1O[C@H](CO)[C@@H](O)[C@H](O)[C@H]1O)C1CC[C@]2(C)C1CCC1C3(C=O)CCC(O[C@@H]4OC[C@@H](O)[C@H](O)[C@H]4O[C@@H]4O[C@H](CO)[C@@H](O)[C@H](O)[C@H]4O)C(C)(C)C3CCC12C. The molecule has 0 radical (unpaired) electrons. The molecule has 374 valence electrons. The van der Waals surface area contributed by atoms with Crippen molar-refractivity contribution in [3.8, 4) is 0 Å². The molecule has 0 aromatic rings. The number of ether oxygens (including phenoxy) is 6. The molecule has 65 heavy (non-hydrogen) atoms. The van der Waals surface area contributed by atoms with Crippen LogP contribution in [0.3, 0.4) is 0 Å². The third-order valence-electron chi connectivity index (χ3n) is 18.2. The first kappa shape index (κ1) is 51.6. The van der Waals surface area contributed by atoms with Gasteiger partial charge in [0, 0.05) is 5.41 Å². The van der Waals surface area contributed by atoms with Gasteiger partial charge in [-0.1, -0.05) is 39.3 Å². The van der Waals surface area contributed by atoms with Crippen LogP contribution in [0.4, 0.5) is 0 Å². The maximum atomic E-state index is 13.9. The third kappa shape index (κ3) is 8.85. The molecule has 3 aliphatic heterocycles. The molecule has 18 heteroatoms. The minimum Gasteiger partial charge on any atom is -0.394 e. The Labute approximate surface area is 381 Å². The highest BCUT2D eigenvalue weighted by molar-refractivity contribution is 5.62. The molecular weight excluding hydrogens is 852 g/mol. The number of hydrogen-bond acceptors (Lipinski definition) is 18. The predicted molar refractivity (Wildman–Crippen MR) is 228 cm³/mol. The van der Waals surface area contributed by atoms with Gasteiger partial charge in [-0.25, -0.2) is 0 Å². The molecule has 11 N–H and O–H groups in total. The predicted octanol–water partition coefficient (Wildman–Crippen LogP) is -0.207. The van der Waals surface area contributed by atoms with Crippen LogP contribution in [-0.2, 0) is 33.2 Å². The summed E-state index contributed by atoms with van der Waals surface area (Å²) in [7, 11) is 0. The van der Waals surface area contributed by atoms with Gasteiger partial charge in [0.2, 0.25) is 0 Å². The average molecular weight is 931 g/mol. The van der Waals surface area contributed by atoms with Crippen molar-refractivity contribution in [3.05, 3.63) is 11.6 Å². The molecule has 0 amide bonds. The van der Waals surface area contributed by atoms with Gasteiger partial charge in [0.1, 0.15) is 73.4 Å². The number of allylic oxidation sites excluding steroid dienone is 2.